The fraction of sp³-hybridized carbons (Fsp3) is 0.219. The highest BCUT2D eigenvalue weighted by atomic mass is 32.2. The van der Waals surface area contributed by atoms with Crippen LogP contribution >= 0.6 is 23.1 Å². The highest BCUT2D eigenvalue weighted by Crippen LogP contribution is 2.38. The third kappa shape index (κ3) is 7.08. The number of aryl methyl sites for hydroxylation is 1. The molecule has 2 aliphatic rings. The Morgan fingerprint density at radius 1 is 1.06 bits per heavy atom. The lowest BCUT2D eigenvalue weighted by atomic mass is 10.0. The van der Waals surface area contributed by atoms with Gasteiger partial charge in [0.05, 0.1) is 5.51 Å². The van der Waals surface area contributed by atoms with Gasteiger partial charge in [-0.25, -0.2) is 19.4 Å². The van der Waals surface area contributed by atoms with Gasteiger partial charge < -0.3 is 28.5 Å². The van der Waals surface area contributed by atoms with Crippen LogP contribution in [0.15, 0.2) is 102 Å². The average molecular weight is 691 g/mol. The summed E-state index contributed by atoms with van der Waals surface area (Å²) in [5.74, 6) is -3.21. The largest absolute Gasteiger partial charge is 0.519 e. The molecule has 4 aromatic rings. The molecule has 1 fully saturated rings. The normalized spacial score (nSPS) is 17.2. The van der Waals surface area contributed by atoms with Gasteiger partial charge in [-0.15, -0.1) is 23.1 Å². The van der Waals surface area contributed by atoms with Crippen molar-refractivity contribution in [2.45, 2.75) is 31.1 Å². The van der Waals surface area contributed by atoms with Crippen LogP contribution in [0.1, 0.15) is 34.4 Å². The second-order valence-corrected chi connectivity index (χ2v) is 12.1. The van der Waals surface area contributed by atoms with E-state index in [0.29, 0.717) is 5.75 Å². The number of oxime groups is 1. The van der Waals surface area contributed by atoms with Crippen molar-refractivity contribution >= 4 is 52.6 Å². The van der Waals surface area contributed by atoms with Crippen molar-refractivity contribution < 1.29 is 42.3 Å². The molecule has 2 amide bonds. The number of fused-ring (bicyclic) bond motifs is 1. The first-order chi connectivity index (χ1) is 23.3. The summed E-state index contributed by atoms with van der Waals surface area (Å²) in [6.07, 6.45) is 0.841. The zero-order chi connectivity index (χ0) is 33.6. The lowest BCUT2D eigenvalue weighted by Crippen LogP contribution is -2.70. The molecule has 2 atom stereocenters. The fourth-order valence-corrected chi connectivity index (χ4v) is 6.61. The monoisotopic (exact) mass is 690 g/mol. The van der Waals surface area contributed by atoms with E-state index in [9.17, 15) is 24.0 Å². The molecule has 16 heteroatoms. The number of nitrogens with one attached hydrogen (secondary N) is 1. The molecule has 0 spiro atoms. The molecule has 14 nitrogen and oxygen atoms in total. The first-order valence-electron chi connectivity index (χ1n) is 14.4. The van der Waals surface area contributed by atoms with Gasteiger partial charge in [-0.05, 0) is 24.1 Å². The number of amides is 2. The van der Waals surface area contributed by atoms with Gasteiger partial charge in [-0.3, -0.25) is 14.5 Å². The molecule has 1 unspecified atom stereocenters. The maximum Gasteiger partial charge on any atom is 0.519 e. The minimum atomic E-state index is -1.00. The number of thioether (sulfide) groups is 1. The highest BCUT2D eigenvalue weighted by Gasteiger charge is 2.53. The number of thiazole rings is 1. The Balaban J connectivity index is 1.08. The van der Waals surface area contributed by atoms with Crippen LogP contribution in [0.3, 0.4) is 0 Å². The standard InChI is InChI=1S/C32H26N4O10S2/c1-18-23(45-32(41)44-18)14-42-31(40)22-12-13-48-30-26(29(39)36(22)30)34-28(38)25(21-16-47-17-33-21)35-43-15-24(37)46-27(19-8-4-2-5-9-19)20-10-6-3-7-11-20/h2-12,16-17,26-27,30H,13-15H2,1H3,(H,34,38)/b35-25+/t26?,30-/m1/s1. The van der Waals surface area contributed by atoms with Gasteiger partial charge in [0, 0.05) is 11.1 Å². The molecule has 2 aromatic heterocycles. The Hall–Kier alpha value is -5.48. The minimum absolute atomic E-state index is 0.00251. The Kier molecular flexibility index (Phi) is 9.82. The maximum absolute atomic E-state index is 13.4. The predicted molar refractivity (Wildman–Crippen MR) is 170 cm³/mol. The van der Waals surface area contributed by atoms with Crippen LogP contribution in [0.4, 0.5) is 0 Å². The van der Waals surface area contributed by atoms with Crippen LogP contribution in [0.25, 0.3) is 0 Å². The Labute approximate surface area is 280 Å². The van der Waals surface area contributed by atoms with Crippen molar-refractivity contribution in [2.24, 2.45) is 5.16 Å². The zero-order valence-electron chi connectivity index (χ0n) is 25.1. The number of nitrogens with zero attached hydrogens (tertiary/aromatic N) is 3. The van der Waals surface area contributed by atoms with Crippen molar-refractivity contribution in [3.63, 3.8) is 0 Å². The average Bonchev–Trinajstić information content (AvgIpc) is 3.75. The first-order valence-corrected chi connectivity index (χ1v) is 16.4. The molecule has 246 valence electrons. The SMILES string of the molecule is Cc1oc(=O)oc1COC(=O)C1=CCS[C@@H]2C(NC(=O)/C(=N/OCC(=O)OC(c3ccccc3)c3ccccc3)c3cscn3)C(=O)N12. The fourth-order valence-electron chi connectivity index (χ4n) is 4.88. The van der Waals surface area contributed by atoms with Gasteiger partial charge in [0.1, 0.15) is 22.8 Å². The van der Waals surface area contributed by atoms with E-state index < -0.39 is 53.7 Å². The van der Waals surface area contributed by atoms with E-state index in [4.69, 9.17) is 23.1 Å². The highest BCUT2D eigenvalue weighted by molar-refractivity contribution is 8.00. The van der Waals surface area contributed by atoms with Crippen LogP contribution in [-0.4, -0.2) is 63.1 Å². The van der Waals surface area contributed by atoms with Crippen molar-refractivity contribution in [3.8, 4) is 0 Å². The number of β-lactam (4-membered cyclic amide) rings is 1. The summed E-state index contributed by atoms with van der Waals surface area (Å²) in [5, 5.41) is 7.49. The molecule has 2 aliphatic heterocycles. The summed E-state index contributed by atoms with van der Waals surface area (Å²) in [4.78, 5) is 74.1. The van der Waals surface area contributed by atoms with E-state index in [1.807, 2.05) is 60.7 Å². The van der Waals surface area contributed by atoms with Gasteiger partial charge in [-0.1, -0.05) is 65.8 Å². The number of aromatic nitrogens is 1. The summed E-state index contributed by atoms with van der Waals surface area (Å²) >= 11 is 2.53. The van der Waals surface area contributed by atoms with Gasteiger partial charge in [0.25, 0.3) is 11.8 Å². The summed E-state index contributed by atoms with van der Waals surface area (Å²) in [6, 6.07) is 17.4. The van der Waals surface area contributed by atoms with Crippen molar-refractivity contribution in [1.82, 2.24) is 15.2 Å². The molecule has 0 bridgehead atoms. The minimum Gasteiger partial charge on any atom is -0.453 e. The molecule has 1 saturated heterocycles. The van der Waals surface area contributed by atoms with E-state index in [1.165, 1.54) is 46.5 Å². The molecular weight excluding hydrogens is 665 g/mol. The molecular formula is C32H26N4O10S2. The molecule has 1 N–H and O–H groups in total. The van der Waals surface area contributed by atoms with Crippen molar-refractivity contribution in [3.05, 3.63) is 122 Å². The molecule has 4 heterocycles. The topological polar surface area (TPSA) is 180 Å². The number of carbonyl (C=O) groups is 4. The Morgan fingerprint density at radius 3 is 2.40 bits per heavy atom. The quantitative estimate of drug-likeness (QED) is 0.0995. The molecule has 48 heavy (non-hydrogen) atoms. The van der Waals surface area contributed by atoms with E-state index in [2.05, 4.69) is 15.5 Å². The van der Waals surface area contributed by atoms with E-state index >= 15 is 0 Å². The van der Waals surface area contributed by atoms with E-state index in [-0.39, 0.29) is 35.2 Å². The van der Waals surface area contributed by atoms with Crippen LogP contribution in [0.2, 0.25) is 0 Å². The first kappa shape index (κ1) is 32.5. The van der Waals surface area contributed by atoms with Crippen molar-refractivity contribution in [2.75, 3.05) is 12.4 Å². The molecule has 0 radical (unpaired) electrons. The smallest absolute Gasteiger partial charge is 0.453 e. The summed E-state index contributed by atoms with van der Waals surface area (Å²) in [7, 11) is 0. The summed E-state index contributed by atoms with van der Waals surface area (Å²) < 4.78 is 20.6. The van der Waals surface area contributed by atoms with Crippen LogP contribution in [0.5, 0.6) is 0 Å². The number of rotatable bonds is 12. The summed E-state index contributed by atoms with van der Waals surface area (Å²) in [6.45, 7) is 0.512. The van der Waals surface area contributed by atoms with Gasteiger partial charge in [-0.2, -0.15) is 0 Å². The van der Waals surface area contributed by atoms with Crippen LogP contribution < -0.4 is 11.1 Å². The van der Waals surface area contributed by atoms with Crippen molar-refractivity contribution in [1.29, 1.82) is 0 Å². The molecule has 6 rings (SSSR count). The van der Waals surface area contributed by atoms with E-state index in [0.717, 1.165) is 11.1 Å². The maximum atomic E-state index is 13.4. The van der Waals surface area contributed by atoms with E-state index in [1.54, 1.807) is 5.38 Å². The summed E-state index contributed by atoms with van der Waals surface area (Å²) in [5.41, 5.74) is 2.92. The van der Waals surface area contributed by atoms with Gasteiger partial charge in [0.15, 0.2) is 29.9 Å². The number of esters is 2. The second-order valence-electron chi connectivity index (χ2n) is 10.3. The van der Waals surface area contributed by atoms with Gasteiger partial charge >= 0.3 is 17.8 Å². The zero-order valence-corrected chi connectivity index (χ0v) is 26.7. The predicted octanol–water partition coefficient (Wildman–Crippen LogP) is 3.08. The third-order valence-corrected chi connectivity index (χ3v) is 8.96. The lowest BCUT2D eigenvalue weighted by molar-refractivity contribution is -0.153. The van der Waals surface area contributed by atoms with Crippen LogP contribution in [0, 0.1) is 6.92 Å². The van der Waals surface area contributed by atoms with Crippen LogP contribution in [-0.2, 0) is 40.1 Å². The second kappa shape index (κ2) is 14.5. The Bertz CT molecular complexity index is 1880. The number of hydrogen-bond donors (Lipinski definition) is 1. The number of hydrogen-bond acceptors (Lipinski definition) is 14. The Morgan fingerprint density at radius 2 is 1.77 bits per heavy atom. The molecule has 0 aliphatic carbocycles. The van der Waals surface area contributed by atoms with Gasteiger partial charge in [0.2, 0.25) is 6.61 Å². The lowest BCUT2D eigenvalue weighted by Gasteiger charge is -2.48. The molecule has 0 saturated carbocycles. The third-order valence-electron chi connectivity index (χ3n) is 7.19. The number of benzene rings is 2. The molecule has 2 aromatic carbocycles. The number of carbonyl (C=O) groups excluding carboxylic acids is 4. The number of ether oxygens (including phenoxy) is 2.